The number of phenolic OH excluding ortho intramolecular Hbond substituents is 1. The molecule has 2 aliphatic rings. The summed E-state index contributed by atoms with van der Waals surface area (Å²) in [6.07, 6.45) is -0.769. The molecule has 24 heteroatoms. The zero-order valence-corrected chi connectivity index (χ0v) is 37.8. The first kappa shape index (κ1) is 52.7. The molecule has 0 spiro atoms. The number of hydrogen-bond donors (Lipinski definition) is 11. The van der Waals surface area contributed by atoms with E-state index in [4.69, 9.17) is 17.2 Å². The molecule has 64 heavy (non-hydrogen) atoms. The van der Waals surface area contributed by atoms with Crippen molar-refractivity contribution in [2.24, 2.45) is 29.0 Å². The molecule has 3 rings (SSSR count). The summed E-state index contributed by atoms with van der Waals surface area (Å²) in [5.41, 5.74) is 17.6. The molecule has 2 aliphatic heterocycles. The van der Waals surface area contributed by atoms with Gasteiger partial charge in [0.1, 0.15) is 53.4 Å². The number of carbonyl (C=O) groups excluding carboxylic acids is 9. The van der Waals surface area contributed by atoms with Crippen molar-refractivity contribution < 1.29 is 58.2 Å². The summed E-state index contributed by atoms with van der Waals surface area (Å²) < 4.78 is 0. The van der Waals surface area contributed by atoms with Crippen LogP contribution in [0.1, 0.15) is 78.2 Å². The molecule has 2 fully saturated rings. The molecule has 1 aromatic carbocycles. The number of phenols is 1. The smallest absolute Gasteiger partial charge is 0.326 e. The highest BCUT2D eigenvalue weighted by Crippen LogP contribution is 2.28. The van der Waals surface area contributed by atoms with Crippen LogP contribution in [0.3, 0.4) is 0 Å². The number of carbonyl (C=O) groups is 10. The third-order valence-electron chi connectivity index (χ3n) is 10.6. The zero-order valence-electron chi connectivity index (χ0n) is 36.1. The van der Waals surface area contributed by atoms with Crippen LogP contribution in [0.15, 0.2) is 24.3 Å². The molecular formula is C40H60N10O12S2. The number of hydrogen-bond acceptors (Lipinski definition) is 14. The van der Waals surface area contributed by atoms with Gasteiger partial charge in [-0.1, -0.05) is 67.8 Å². The molecule has 2 heterocycles. The quantitative estimate of drug-likeness (QED) is 0.0834. The number of amides is 9. The zero-order chi connectivity index (χ0) is 47.8. The third-order valence-corrected chi connectivity index (χ3v) is 13.1. The average Bonchev–Trinajstić information content (AvgIpc) is 3.72. The number of nitrogens with two attached hydrogens (primary N) is 3. The molecule has 0 radical (unpaired) electrons. The minimum atomic E-state index is -1.75. The van der Waals surface area contributed by atoms with E-state index in [-0.39, 0.29) is 49.6 Å². The van der Waals surface area contributed by atoms with Gasteiger partial charge in [-0.05, 0) is 55.2 Å². The van der Waals surface area contributed by atoms with Crippen molar-refractivity contribution in [2.75, 3.05) is 12.3 Å². The van der Waals surface area contributed by atoms with Gasteiger partial charge in [-0.25, -0.2) is 4.79 Å². The molecule has 0 aliphatic carbocycles. The fourth-order valence-electron chi connectivity index (χ4n) is 6.92. The van der Waals surface area contributed by atoms with Gasteiger partial charge >= 0.3 is 5.97 Å². The van der Waals surface area contributed by atoms with Crippen LogP contribution >= 0.6 is 21.6 Å². The van der Waals surface area contributed by atoms with Crippen LogP contribution in [0.5, 0.6) is 5.75 Å². The number of likely N-dealkylation sites (tertiary alicyclic amines) is 1. The molecule has 0 aromatic heterocycles. The highest BCUT2D eigenvalue weighted by atomic mass is 33.1. The van der Waals surface area contributed by atoms with Crippen LogP contribution in [0.4, 0.5) is 0 Å². The Morgan fingerprint density at radius 3 is 2.05 bits per heavy atom. The molecule has 0 bridgehead atoms. The Morgan fingerprint density at radius 2 is 1.45 bits per heavy atom. The van der Waals surface area contributed by atoms with Crippen molar-refractivity contribution in [3.8, 4) is 5.75 Å². The van der Waals surface area contributed by atoms with E-state index in [1.807, 2.05) is 0 Å². The lowest BCUT2D eigenvalue weighted by atomic mass is 9.96. The number of aliphatic carboxylic acids is 1. The summed E-state index contributed by atoms with van der Waals surface area (Å²) >= 11 is 0. The van der Waals surface area contributed by atoms with E-state index < -0.39 is 126 Å². The summed E-state index contributed by atoms with van der Waals surface area (Å²) in [5, 5.41) is 33.3. The first-order chi connectivity index (χ1) is 30.1. The van der Waals surface area contributed by atoms with Crippen molar-refractivity contribution in [2.45, 2.75) is 127 Å². The van der Waals surface area contributed by atoms with Crippen LogP contribution < -0.4 is 49.1 Å². The van der Waals surface area contributed by atoms with Gasteiger partial charge in [0.15, 0.2) is 0 Å². The average molecular weight is 937 g/mol. The number of nitrogens with zero attached hydrogens (tertiary/aromatic N) is 1. The minimum Gasteiger partial charge on any atom is -0.508 e. The Labute approximate surface area is 378 Å². The van der Waals surface area contributed by atoms with Crippen molar-refractivity contribution in [3.63, 3.8) is 0 Å². The van der Waals surface area contributed by atoms with Gasteiger partial charge in [0.05, 0.1) is 6.42 Å². The lowest BCUT2D eigenvalue weighted by Crippen LogP contribution is -2.61. The standard InChI is InChI=1S/C40H60N10O12S2/c1-5-20(4)31-37(58)44-23(12-13-29(41)52)33(54)45-25(17-30(42)53)34(55)48-27(39(60)50-14-6-7-28(50)36(57)47-26(40(61)62)15-19(2)3)18-63-64-32(43)38(59)46-24(35(56)49-31)16-21-8-10-22(51)11-9-21/h8-11,19-20,23-28,31-32,51H,5-7,12-18,43H2,1-4H3,(H2,41,52)(H2,42,53)(H,44,58)(H,45,54)(H,46,59)(H,47,57)(H,48,55)(H,49,56)(H,61,62). The number of benzene rings is 1. The number of carboxylic acids is 1. The van der Waals surface area contributed by atoms with Crippen molar-refractivity contribution in [1.82, 2.24) is 36.8 Å². The first-order valence-corrected chi connectivity index (χ1v) is 23.2. The Bertz CT molecular complexity index is 1890. The van der Waals surface area contributed by atoms with Gasteiger partial charge < -0.3 is 64.2 Å². The molecule has 9 atom stereocenters. The Balaban J connectivity index is 2.08. The summed E-state index contributed by atoms with van der Waals surface area (Å²) in [4.78, 5) is 135. The monoisotopic (exact) mass is 936 g/mol. The number of primary amides is 2. The van der Waals surface area contributed by atoms with E-state index in [1.165, 1.54) is 29.2 Å². The lowest BCUT2D eigenvalue weighted by molar-refractivity contribution is -0.145. The molecule has 14 N–H and O–H groups in total. The van der Waals surface area contributed by atoms with Gasteiger partial charge in [0.2, 0.25) is 53.2 Å². The third kappa shape index (κ3) is 16.2. The molecule has 354 valence electrons. The van der Waals surface area contributed by atoms with Crippen LogP contribution in [0.25, 0.3) is 0 Å². The van der Waals surface area contributed by atoms with Gasteiger partial charge in [-0.15, -0.1) is 0 Å². The number of nitrogens with one attached hydrogen (secondary N) is 6. The molecular weight excluding hydrogens is 877 g/mol. The van der Waals surface area contributed by atoms with Crippen LogP contribution in [0.2, 0.25) is 0 Å². The fraction of sp³-hybridized carbons (Fsp3) is 0.600. The second-order valence-electron chi connectivity index (χ2n) is 16.2. The van der Waals surface area contributed by atoms with Crippen LogP contribution in [-0.2, 0) is 54.4 Å². The number of rotatable bonds is 15. The van der Waals surface area contributed by atoms with Gasteiger partial charge in [0, 0.05) is 25.1 Å². The number of carboxylic acid groups (broad SMARTS) is 1. The predicted octanol–water partition coefficient (Wildman–Crippen LogP) is -2.17. The Kier molecular flexibility index (Phi) is 20.6. The largest absolute Gasteiger partial charge is 0.508 e. The Morgan fingerprint density at radius 1 is 0.844 bits per heavy atom. The second kappa shape index (κ2) is 25.0. The number of aromatic hydroxyl groups is 1. The summed E-state index contributed by atoms with van der Waals surface area (Å²) in [7, 11) is 1.63. The van der Waals surface area contributed by atoms with Gasteiger partial charge in [-0.2, -0.15) is 0 Å². The van der Waals surface area contributed by atoms with E-state index >= 15 is 0 Å². The summed E-state index contributed by atoms with van der Waals surface area (Å²) in [6.45, 7) is 6.99. The lowest BCUT2D eigenvalue weighted by Gasteiger charge is -2.30. The fourth-order valence-corrected chi connectivity index (χ4v) is 9.01. The summed E-state index contributed by atoms with van der Waals surface area (Å²) in [5.74, 6) is -10.4. The molecule has 22 nitrogen and oxygen atoms in total. The molecule has 9 amide bonds. The van der Waals surface area contributed by atoms with Crippen molar-refractivity contribution in [1.29, 1.82) is 0 Å². The van der Waals surface area contributed by atoms with Crippen LogP contribution in [-0.4, -0.2) is 134 Å². The van der Waals surface area contributed by atoms with E-state index in [0.29, 0.717) is 18.4 Å². The molecule has 1 aromatic rings. The normalized spacial score (nSPS) is 25.2. The Hall–Kier alpha value is -5.62. The summed E-state index contributed by atoms with van der Waals surface area (Å²) in [6, 6.07) is -4.06. The maximum absolute atomic E-state index is 14.3. The topological polar surface area (TPSA) is 365 Å². The van der Waals surface area contributed by atoms with Crippen molar-refractivity contribution in [3.05, 3.63) is 29.8 Å². The van der Waals surface area contributed by atoms with E-state index in [0.717, 1.165) is 21.6 Å². The van der Waals surface area contributed by atoms with Crippen LogP contribution in [0, 0.1) is 11.8 Å². The predicted molar refractivity (Wildman–Crippen MR) is 235 cm³/mol. The first-order valence-electron chi connectivity index (χ1n) is 20.9. The van der Waals surface area contributed by atoms with E-state index in [1.54, 1.807) is 27.7 Å². The molecule has 9 unspecified atom stereocenters. The van der Waals surface area contributed by atoms with Gasteiger partial charge in [-0.3, -0.25) is 43.2 Å². The van der Waals surface area contributed by atoms with Gasteiger partial charge in [0.25, 0.3) is 0 Å². The van der Waals surface area contributed by atoms with E-state index in [2.05, 4.69) is 31.9 Å². The highest BCUT2D eigenvalue weighted by molar-refractivity contribution is 8.77. The minimum absolute atomic E-state index is 0.0375. The SMILES string of the molecule is CCC(C)C1NC(=O)C(Cc2ccc(O)cc2)NC(=O)C(N)SSCC(C(=O)N2CCCC2C(=O)NC(CC(C)C)C(=O)O)NC(=O)C(CC(N)=O)NC(=O)C(CCC(N)=O)NC1=O. The maximum Gasteiger partial charge on any atom is 0.326 e. The second-order valence-corrected chi connectivity index (χ2v) is 18.7. The maximum atomic E-state index is 14.3. The molecule has 0 saturated carbocycles. The van der Waals surface area contributed by atoms with E-state index in [9.17, 15) is 58.2 Å². The van der Waals surface area contributed by atoms with Crippen molar-refractivity contribution >= 4 is 80.7 Å². The molecule has 2 saturated heterocycles. The highest BCUT2D eigenvalue weighted by Gasteiger charge is 2.41.